The van der Waals surface area contributed by atoms with Gasteiger partial charge in [-0.15, -0.1) is 0 Å². The van der Waals surface area contributed by atoms with Crippen molar-refractivity contribution in [2.75, 3.05) is 11.9 Å². The maximum absolute atomic E-state index is 13.3. The minimum atomic E-state index is -2.48. The number of benzene rings is 1. The number of nitrogens with zero attached hydrogens (tertiary/aromatic N) is 3. The van der Waals surface area contributed by atoms with Gasteiger partial charge in [-0.3, -0.25) is 4.57 Å². The van der Waals surface area contributed by atoms with Crippen molar-refractivity contribution in [1.29, 1.82) is 0 Å². The van der Waals surface area contributed by atoms with Crippen LogP contribution in [-0.4, -0.2) is 22.6 Å². The minimum Gasteiger partial charge on any atom is -0.473 e. The lowest BCUT2D eigenvalue weighted by Gasteiger charge is -2.16. The van der Waals surface area contributed by atoms with E-state index in [1.807, 2.05) is 11.8 Å². The Morgan fingerprint density at radius 1 is 1.41 bits per heavy atom. The summed E-state index contributed by atoms with van der Waals surface area (Å²) in [6, 6.07) is 4.14. The van der Waals surface area contributed by atoms with Crippen molar-refractivity contribution in [3.63, 3.8) is 0 Å². The Kier molecular flexibility index (Phi) is 2.98. The molecule has 0 spiro atoms. The van der Waals surface area contributed by atoms with Crippen LogP contribution in [0.1, 0.15) is 15.2 Å². The Hall–Kier alpha value is -2.44. The summed E-state index contributed by atoms with van der Waals surface area (Å²) in [5.74, 6) is -1.94. The van der Waals surface area contributed by atoms with E-state index in [0.717, 1.165) is 12.1 Å². The first-order chi connectivity index (χ1) is 11.2. The average Bonchev–Trinajstić information content (AvgIpc) is 2.78. The molecule has 1 aliphatic heterocycles. The summed E-state index contributed by atoms with van der Waals surface area (Å²) < 4.78 is 48.8. The summed E-state index contributed by atoms with van der Waals surface area (Å²) >= 11 is 0. The van der Waals surface area contributed by atoms with Crippen LogP contribution in [0.2, 0.25) is 0 Å². The van der Waals surface area contributed by atoms with Crippen LogP contribution in [0, 0.1) is 11.6 Å². The molecule has 22 heavy (non-hydrogen) atoms. The van der Waals surface area contributed by atoms with Crippen LogP contribution < -0.4 is 15.3 Å². The molecule has 0 aliphatic carbocycles. The molecule has 0 saturated heterocycles. The normalized spacial score (nSPS) is 18.7. The second-order valence-corrected chi connectivity index (χ2v) is 5.14. The zero-order chi connectivity index (χ0) is 17.6. The van der Waals surface area contributed by atoms with Crippen LogP contribution in [0.15, 0.2) is 29.1 Å². The van der Waals surface area contributed by atoms with E-state index < -0.39 is 23.9 Å². The molecule has 0 radical (unpaired) electrons. The van der Waals surface area contributed by atoms with Crippen molar-refractivity contribution in [3.05, 3.63) is 51.9 Å². The van der Waals surface area contributed by atoms with E-state index in [2.05, 4.69) is 4.98 Å². The number of fused-ring (bicyclic) bond motifs is 1. The Balaban J connectivity index is 1.95. The number of hydrogen-bond donors (Lipinski definition) is 0. The predicted octanol–water partition coefficient (Wildman–Crippen LogP) is 1.94. The third-order valence-electron chi connectivity index (χ3n) is 3.63. The fourth-order valence-corrected chi connectivity index (χ4v) is 2.27. The molecule has 2 heterocycles. The van der Waals surface area contributed by atoms with Gasteiger partial charge in [0.05, 0.1) is 2.74 Å². The summed E-state index contributed by atoms with van der Waals surface area (Å²) in [7, 11) is 1.80. The zero-order valence-electron chi connectivity index (χ0n) is 14.0. The van der Waals surface area contributed by atoms with E-state index in [1.54, 1.807) is 7.05 Å². The summed E-state index contributed by atoms with van der Waals surface area (Å²) in [6.07, 6.45) is 0. The van der Waals surface area contributed by atoms with Crippen LogP contribution in [-0.2, 0) is 13.1 Å². The molecule has 0 saturated carbocycles. The number of ether oxygens (including phenoxy) is 1. The number of rotatable bonds is 3. The maximum Gasteiger partial charge on any atom is 0.352 e. The van der Waals surface area contributed by atoms with E-state index in [-0.39, 0.29) is 17.5 Å². The number of halogens is 2. The molecule has 3 rings (SSSR count). The van der Waals surface area contributed by atoms with E-state index in [9.17, 15) is 13.6 Å². The molecule has 1 aromatic heterocycles. The molecular weight excluding hydrogens is 292 g/mol. The highest BCUT2D eigenvalue weighted by molar-refractivity contribution is 5.45. The first-order valence-corrected chi connectivity index (χ1v) is 6.68. The van der Waals surface area contributed by atoms with Crippen LogP contribution >= 0.6 is 0 Å². The lowest BCUT2D eigenvalue weighted by atomic mass is 10.2. The molecule has 0 N–H and O–H groups in total. The third kappa shape index (κ3) is 2.54. The fraction of sp³-hybridized carbons (Fsp3) is 0.333. The standard InChI is InChI=1S/C15H15F2N3O2/c1-9-7-20-14(19(9)2)6-13(18-15(20)21)22-8-10-3-4-11(16)12(17)5-10/h3-6,9H,7-8H2,1-2H3/i8D2. The van der Waals surface area contributed by atoms with Gasteiger partial charge in [-0.25, -0.2) is 13.6 Å². The monoisotopic (exact) mass is 309 g/mol. The molecule has 7 heteroatoms. The molecule has 116 valence electrons. The summed E-state index contributed by atoms with van der Waals surface area (Å²) in [4.78, 5) is 17.6. The lowest BCUT2D eigenvalue weighted by Crippen LogP contribution is -2.23. The van der Waals surface area contributed by atoms with Crippen molar-refractivity contribution < 1.29 is 16.3 Å². The fourth-order valence-electron chi connectivity index (χ4n) is 2.27. The number of hydrogen-bond acceptors (Lipinski definition) is 4. The van der Waals surface area contributed by atoms with Gasteiger partial charge in [-0.1, -0.05) is 6.07 Å². The number of anilines is 1. The third-order valence-corrected chi connectivity index (χ3v) is 3.63. The van der Waals surface area contributed by atoms with E-state index in [0.29, 0.717) is 18.4 Å². The Bertz CT molecular complexity index is 857. The Labute approximate surface area is 128 Å². The molecule has 2 aromatic rings. The smallest absolute Gasteiger partial charge is 0.352 e. The highest BCUT2D eigenvalue weighted by Gasteiger charge is 2.25. The van der Waals surface area contributed by atoms with Gasteiger partial charge in [0.15, 0.2) is 11.6 Å². The number of aromatic nitrogens is 2. The van der Waals surface area contributed by atoms with Gasteiger partial charge in [-0.2, -0.15) is 4.98 Å². The summed E-state index contributed by atoms with van der Waals surface area (Å²) in [5, 5.41) is 0. The molecular formula is C15H15F2N3O2. The minimum absolute atomic E-state index is 0.0951. The van der Waals surface area contributed by atoms with Crippen LogP contribution in [0.4, 0.5) is 14.6 Å². The first-order valence-electron chi connectivity index (χ1n) is 7.68. The molecule has 1 atom stereocenters. The molecule has 0 bridgehead atoms. The van der Waals surface area contributed by atoms with E-state index in [4.69, 9.17) is 7.48 Å². The van der Waals surface area contributed by atoms with Gasteiger partial charge in [0.25, 0.3) is 0 Å². The molecule has 5 nitrogen and oxygen atoms in total. The second kappa shape index (κ2) is 5.40. The van der Waals surface area contributed by atoms with Crippen molar-refractivity contribution >= 4 is 5.82 Å². The molecule has 0 amide bonds. The SMILES string of the molecule is [2H]C([2H])(Oc1cc2n(c(=O)n1)CC(C)N2C)c1ccc(F)c(F)c1. The van der Waals surface area contributed by atoms with Gasteiger partial charge in [0, 0.05) is 25.7 Å². The van der Waals surface area contributed by atoms with Crippen LogP contribution in [0.5, 0.6) is 5.88 Å². The van der Waals surface area contributed by atoms with Crippen molar-refractivity contribution in [2.24, 2.45) is 0 Å². The Morgan fingerprint density at radius 3 is 2.91 bits per heavy atom. The van der Waals surface area contributed by atoms with Crippen molar-refractivity contribution in [1.82, 2.24) is 9.55 Å². The highest BCUT2D eigenvalue weighted by atomic mass is 19.2. The molecule has 0 fully saturated rings. The average molecular weight is 309 g/mol. The van der Waals surface area contributed by atoms with Gasteiger partial charge >= 0.3 is 5.69 Å². The molecule has 1 aliphatic rings. The van der Waals surface area contributed by atoms with Crippen molar-refractivity contribution in [3.8, 4) is 5.88 Å². The molecule has 1 unspecified atom stereocenters. The van der Waals surface area contributed by atoms with E-state index in [1.165, 1.54) is 10.6 Å². The van der Waals surface area contributed by atoms with Gasteiger partial charge in [0.1, 0.15) is 12.4 Å². The summed E-state index contributed by atoms with van der Waals surface area (Å²) in [5.41, 5.74) is -0.773. The largest absolute Gasteiger partial charge is 0.473 e. The first kappa shape index (κ1) is 12.1. The quantitative estimate of drug-likeness (QED) is 0.869. The maximum atomic E-state index is 13.3. The number of likely N-dealkylation sites (N-methyl/N-ethyl adjacent to an activating group) is 1. The van der Waals surface area contributed by atoms with Crippen molar-refractivity contribution in [2.45, 2.75) is 26.1 Å². The Morgan fingerprint density at radius 2 is 2.18 bits per heavy atom. The van der Waals surface area contributed by atoms with Crippen LogP contribution in [0.25, 0.3) is 0 Å². The van der Waals surface area contributed by atoms with Gasteiger partial charge in [-0.05, 0) is 24.6 Å². The second-order valence-electron chi connectivity index (χ2n) is 5.14. The topological polar surface area (TPSA) is 47.4 Å². The molecule has 1 aromatic carbocycles. The lowest BCUT2D eigenvalue weighted by molar-refractivity contribution is 0.290. The summed E-state index contributed by atoms with van der Waals surface area (Å²) in [6.45, 7) is -0.0583. The zero-order valence-corrected chi connectivity index (χ0v) is 12.0. The van der Waals surface area contributed by atoms with E-state index >= 15 is 0 Å². The van der Waals surface area contributed by atoms with Gasteiger partial charge < -0.3 is 9.64 Å². The van der Waals surface area contributed by atoms with Crippen LogP contribution in [0.3, 0.4) is 0 Å². The predicted molar refractivity (Wildman–Crippen MR) is 77.1 cm³/mol. The highest BCUT2D eigenvalue weighted by Crippen LogP contribution is 2.24. The van der Waals surface area contributed by atoms with Gasteiger partial charge in [0.2, 0.25) is 5.88 Å².